The molecule has 0 spiro atoms. The van der Waals surface area contributed by atoms with Gasteiger partial charge in [0.25, 0.3) is 0 Å². The number of hydrogen-bond donors (Lipinski definition) is 1. The summed E-state index contributed by atoms with van der Waals surface area (Å²) in [7, 11) is 0. The number of aromatic nitrogens is 2. The Kier molecular flexibility index (Phi) is 2.59. The van der Waals surface area contributed by atoms with Gasteiger partial charge in [-0.3, -0.25) is 0 Å². The highest BCUT2D eigenvalue weighted by Crippen LogP contribution is 2.59. The van der Waals surface area contributed by atoms with Gasteiger partial charge in [0, 0.05) is 5.92 Å². The van der Waals surface area contributed by atoms with E-state index in [0.29, 0.717) is 5.92 Å². The lowest BCUT2D eigenvalue weighted by Crippen LogP contribution is -2.44. The standard InChI is InChI=1S/C17H25N3O/c18-17(3-1-2-4-17)16-19-15(21-20-16)14-12-6-10-5-11(8-12)9-13(14)7-10/h10-14H,1-9,18H2. The van der Waals surface area contributed by atoms with Crippen LogP contribution in [0.4, 0.5) is 0 Å². The van der Waals surface area contributed by atoms with Crippen molar-refractivity contribution < 1.29 is 4.52 Å². The van der Waals surface area contributed by atoms with Crippen LogP contribution in [0.5, 0.6) is 0 Å². The Bertz CT molecular complexity index is 518. The summed E-state index contributed by atoms with van der Waals surface area (Å²) in [5, 5.41) is 4.29. The Morgan fingerprint density at radius 2 is 1.57 bits per heavy atom. The van der Waals surface area contributed by atoms with Gasteiger partial charge in [-0.05, 0) is 68.6 Å². The van der Waals surface area contributed by atoms with Gasteiger partial charge in [-0.15, -0.1) is 0 Å². The molecule has 5 aliphatic carbocycles. The zero-order chi connectivity index (χ0) is 14.0. The summed E-state index contributed by atoms with van der Waals surface area (Å²) in [4.78, 5) is 4.81. The minimum Gasteiger partial charge on any atom is -0.339 e. The van der Waals surface area contributed by atoms with E-state index in [1.165, 1.54) is 44.9 Å². The molecule has 0 saturated heterocycles. The third-order valence-electron chi connectivity index (χ3n) is 6.89. The minimum atomic E-state index is -0.312. The van der Waals surface area contributed by atoms with Crippen LogP contribution in [0.15, 0.2) is 4.52 Å². The van der Waals surface area contributed by atoms with Crippen molar-refractivity contribution in [1.29, 1.82) is 0 Å². The molecule has 1 heterocycles. The van der Waals surface area contributed by atoms with Gasteiger partial charge in [0.2, 0.25) is 5.89 Å². The maximum absolute atomic E-state index is 6.48. The number of rotatable bonds is 2. The summed E-state index contributed by atoms with van der Waals surface area (Å²) < 4.78 is 5.73. The van der Waals surface area contributed by atoms with Gasteiger partial charge < -0.3 is 10.3 Å². The predicted octanol–water partition coefficient (Wildman–Crippen LogP) is 3.34. The van der Waals surface area contributed by atoms with Crippen LogP contribution in [0.3, 0.4) is 0 Å². The molecule has 4 bridgehead atoms. The number of hydrogen-bond acceptors (Lipinski definition) is 4. The average Bonchev–Trinajstić information content (AvgIpc) is 3.08. The van der Waals surface area contributed by atoms with E-state index in [1.54, 1.807) is 0 Å². The lowest BCUT2D eigenvalue weighted by Gasteiger charge is -2.53. The molecule has 5 fully saturated rings. The SMILES string of the molecule is NC1(c2noc(C3C4CC5CC(C4)CC3C5)n2)CCCC1. The van der Waals surface area contributed by atoms with Gasteiger partial charge in [0.1, 0.15) is 0 Å². The van der Waals surface area contributed by atoms with E-state index in [4.69, 9.17) is 15.2 Å². The molecule has 5 aliphatic rings. The van der Waals surface area contributed by atoms with Gasteiger partial charge in [-0.1, -0.05) is 18.0 Å². The van der Waals surface area contributed by atoms with Crippen molar-refractivity contribution in [3.05, 3.63) is 11.7 Å². The second-order valence-corrected chi connectivity index (χ2v) is 8.28. The fourth-order valence-corrected chi connectivity index (χ4v) is 6.13. The average molecular weight is 287 g/mol. The number of nitrogens with two attached hydrogens (primary N) is 1. The van der Waals surface area contributed by atoms with Gasteiger partial charge in [0.05, 0.1) is 5.54 Å². The Hall–Kier alpha value is -0.900. The van der Waals surface area contributed by atoms with Gasteiger partial charge >= 0.3 is 0 Å². The van der Waals surface area contributed by atoms with Crippen molar-refractivity contribution in [2.24, 2.45) is 29.4 Å². The van der Waals surface area contributed by atoms with Crippen molar-refractivity contribution in [2.75, 3.05) is 0 Å². The van der Waals surface area contributed by atoms with Gasteiger partial charge in [0.15, 0.2) is 5.82 Å². The molecule has 0 atom stereocenters. The molecular formula is C17H25N3O. The third kappa shape index (κ3) is 1.84. The summed E-state index contributed by atoms with van der Waals surface area (Å²) in [5.74, 6) is 5.80. The summed E-state index contributed by atoms with van der Waals surface area (Å²) in [6, 6.07) is 0. The van der Waals surface area contributed by atoms with Crippen molar-refractivity contribution in [3.8, 4) is 0 Å². The quantitative estimate of drug-likeness (QED) is 0.906. The molecule has 0 unspecified atom stereocenters. The molecule has 114 valence electrons. The smallest absolute Gasteiger partial charge is 0.230 e. The van der Waals surface area contributed by atoms with Crippen LogP contribution >= 0.6 is 0 Å². The zero-order valence-electron chi connectivity index (χ0n) is 12.6. The summed E-state index contributed by atoms with van der Waals surface area (Å²) >= 11 is 0. The predicted molar refractivity (Wildman–Crippen MR) is 78.4 cm³/mol. The van der Waals surface area contributed by atoms with E-state index in [0.717, 1.165) is 48.2 Å². The summed E-state index contributed by atoms with van der Waals surface area (Å²) in [5.41, 5.74) is 6.17. The second kappa shape index (κ2) is 4.31. The Morgan fingerprint density at radius 3 is 2.19 bits per heavy atom. The fraction of sp³-hybridized carbons (Fsp3) is 0.882. The molecule has 0 radical (unpaired) electrons. The third-order valence-corrected chi connectivity index (χ3v) is 6.89. The lowest BCUT2D eigenvalue weighted by molar-refractivity contribution is -0.0131. The van der Waals surface area contributed by atoms with Crippen LogP contribution in [0.2, 0.25) is 0 Å². The minimum absolute atomic E-state index is 0.312. The van der Waals surface area contributed by atoms with Crippen LogP contribution in [-0.2, 0) is 5.54 Å². The van der Waals surface area contributed by atoms with Gasteiger partial charge in [-0.25, -0.2) is 0 Å². The molecule has 2 N–H and O–H groups in total. The first kappa shape index (κ1) is 12.6. The highest BCUT2D eigenvalue weighted by molar-refractivity contribution is 5.12. The molecule has 0 aliphatic heterocycles. The second-order valence-electron chi connectivity index (χ2n) is 8.28. The molecule has 0 aromatic carbocycles. The molecule has 1 aromatic heterocycles. The van der Waals surface area contributed by atoms with E-state index in [9.17, 15) is 0 Å². The Balaban J connectivity index is 1.44. The summed E-state index contributed by atoms with van der Waals surface area (Å²) in [6.07, 6.45) is 11.5. The van der Waals surface area contributed by atoms with Crippen LogP contribution in [0.1, 0.15) is 75.4 Å². The highest BCUT2D eigenvalue weighted by Gasteiger charge is 2.51. The van der Waals surface area contributed by atoms with E-state index in [2.05, 4.69) is 5.16 Å². The van der Waals surface area contributed by atoms with Crippen LogP contribution in [0, 0.1) is 23.7 Å². The summed E-state index contributed by atoms with van der Waals surface area (Å²) in [6.45, 7) is 0. The first-order valence-corrected chi connectivity index (χ1v) is 8.84. The van der Waals surface area contributed by atoms with Crippen molar-refractivity contribution >= 4 is 0 Å². The first-order chi connectivity index (χ1) is 10.2. The molecule has 6 rings (SSSR count). The zero-order valence-corrected chi connectivity index (χ0v) is 12.6. The topological polar surface area (TPSA) is 64.9 Å². The maximum Gasteiger partial charge on any atom is 0.230 e. The van der Waals surface area contributed by atoms with Crippen LogP contribution in [-0.4, -0.2) is 10.1 Å². The van der Waals surface area contributed by atoms with Crippen molar-refractivity contribution in [1.82, 2.24) is 10.1 Å². The van der Waals surface area contributed by atoms with Crippen molar-refractivity contribution in [2.45, 2.75) is 69.2 Å². The van der Waals surface area contributed by atoms with Gasteiger partial charge in [-0.2, -0.15) is 4.98 Å². The fourth-order valence-electron chi connectivity index (χ4n) is 6.13. The maximum atomic E-state index is 6.48. The highest BCUT2D eigenvalue weighted by atomic mass is 16.5. The van der Waals surface area contributed by atoms with Crippen LogP contribution in [0.25, 0.3) is 0 Å². The number of nitrogens with zero attached hydrogens (tertiary/aromatic N) is 2. The van der Waals surface area contributed by atoms with Crippen LogP contribution < -0.4 is 5.73 Å². The van der Waals surface area contributed by atoms with Crippen molar-refractivity contribution in [3.63, 3.8) is 0 Å². The van der Waals surface area contributed by atoms with E-state index in [1.807, 2.05) is 0 Å². The van der Waals surface area contributed by atoms with E-state index in [-0.39, 0.29) is 5.54 Å². The molecular weight excluding hydrogens is 262 g/mol. The lowest BCUT2D eigenvalue weighted by atomic mass is 9.52. The van der Waals surface area contributed by atoms with E-state index < -0.39 is 0 Å². The molecule has 4 heteroatoms. The van der Waals surface area contributed by atoms with E-state index >= 15 is 0 Å². The monoisotopic (exact) mass is 287 g/mol. The molecule has 21 heavy (non-hydrogen) atoms. The molecule has 5 saturated carbocycles. The largest absolute Gasteiger partial charge is 0.339 e. The first-order valence-electron chi connectivity index (χ1n) is 8.84. The Morgan fingerprint density at radius 1 is 0.952 bits per heavy atom. The Labute approximate surface area is 125 Å². The molecule has 1 aromatic rings. The molecule has 4 nitrogen and oxygen atoms in total. The normalized spacial score (nSPS) is 43.6. The molecule has 0 amide bonds.